The molecule has 0 aliphatic carbocycles. The molecule has 0 amide bonds. The van der Waals surface area contributed by atoms with Gasteiger partial charge in [0.15, 0.2) is 0 Å². The lowest BCUT2D eigenvalue weighted by molar-refractivity contribution is 0.244. The number of hydrogen-bond acceptors (Lipinski definition) is 3. The van der Waals surface area contributed by atoms with Gasteiger partial charge >= 0.3 is 0 Å². The molecule has 0 fully saturated rings. The Kier molecular flexibility index (Phi) is 4.41. The van der Waals surface area contributed by atoms with Gasteiger partial charge < -0.3 is 15.6 Å². The Morgan fingerprint density at radius 2 is 1.83 bits per heavy atom. The van der Waals surface area contributed by atoms with Crippen LogP contribution in [0.4, 0.5) is 0 Å². The molecule has 3 nitrogen and oxygen atoms in total. The second-order valence-electron chi connectivity index (χ2n) is 6.06. The average molecular weight is 251 g/mol. The summed E-state index contributed by atoms with van der Waals surface area (Å²) in [6.45, 7) is 8.49. The number of ether oxygens (including phenoxy) is 1. The molecule has 1 aromatic rings. The molecule has 0 bridgehead atoms. The molecule has 0 aliphatic rings. The first-order chi connectivity index (χ1) is 8.22. The Morgan fingerprint density at radius 3 is 2.28 bits per heavy atom. The number of nitrogens with two attached hydrogens (primary N) is 1. The van der Waals surface area contributed by atoms with E-state index in [0.717, 1.165) is 11.3 Å². The highest BCUT2D eigenvalue weighted by Gasteiger charge is 2.26. The van der Waals surface area contributed by atoms with Gasteiger partial charge in [-0.1, -0.05) is 26.8 Å². The van der Waals surface area contributed by atoms with Crippen molar-refractivity contribution in [3.05, 3.63) is 29.3 Å². The van der Waals surface area contributed by atoms with Crippen molar-refractivity contribution in [2.75, 3.05) is 13.7 Å². The minimum atomic E-state index is -0.582. The van der Waals surface area contributed by atoms with Gasteiger partial charge in [-0.25, -0.2) is 0 Å². The van der Waals surface area contributed by atoms with Crippen molar-refractivity contribution in [1.29, 1.82) is 0 Å². The van der Waals surface area contributed by atoms with Gasteiger partial charge in [0.25, 0.3) is 0 Å². The third kappa shape index (κ3) is 3.24. The second-order valence-corrected chi connectivity index (χ2v) is 6.06. The van der Waals surface area contributed by atoms with E-state index in [1.165, 1.54) is 5.56 Å². The van der Waals surface area contributed by atoms with E-state index in [2.05, 4.69) is 32.9 Å². The number of aliphatic hydroxyl groups is 1. The lowest BCUT2D eigenvalue weighted by Gasteiger charge is -2.29. The maximum Gasteiger partial charge on any atom is 0.123 e. The van der Waals surface area contributed by atoms with Crippen molar-refractivity contribution in [3.8, 4) is 5.75 Å². The van der Waals surface area contributed by atoms with Gasteiger partial charge in [-0.3, -0.25) is 0 Å². The first kappa shape index (κ1) is 15.0. The monoisotopic (exact) mass is 251 g/mol. The number of rotatable bonds is 4. The maximum atomic E-state index is 9.14. The van der Waals surface area contributed by atoms with Crippen LogP contribution in [-0.2, 0) is 11.0 Å². The van der Waals surface area contributed by atoms with Crippen molar-refractivity contribution in [2.45, 2.75) is 45.1 Å². The standard InChI is InChI=1S/C15H25NO2/c1-14(2,3)11-6-7-13(18-5)12(10-11)15(4,16)8-9-17/h6-7,10,17H,8-9,16H2,1-5H3. The molecule has 3 heteroatoms. The van der Waals surface area contributed by atoms with E-state index in [1.54, 1.807) is 7.11 Å². The summed E-state index contributed by atoms with van der Waals surface area (Å²) in [6, 6.07) is 6.12. The number of hydrogen-bond donors (Lipinski definition) is 2. The largest absolute Gasteiger partial charge is 0.496 e. The van der Waals surface area contributed by atoms with Gasteiger partial charge in [0.2, 0.25) is 0 Å². The van der Waals surface area contributed by atoms with Crippen molar-refractivity contribution in [1.82, 2.24) is 0 Å². The summed E-state index contributed by atoms with van der Waals surface area (Å²) in [5, 5.41) is 9.14. The lowest BCUT2D eigenvalue weighted by atomic mass is 9.81. The van der Waals surface area contributed by atoms with Crippen LogP contribution in [0.1, 0.15) is 45.2 Å². The van der Waals surface area contributed by atoms with Gasteiger partial charge in [-0.15, -0.1) is 0 Å². The first-order valence-electron chi connectivity index (χ1n) is 6.31. The van der Waals surface area contributed by atoms with Gasteiger partial charge in [-0.05, 0) is 36.5 Å². The van der Waals surface area contributed by atoms with Crippen LogP contribution in [0.2, 0.25) is 0 Å². The summed E-state index contributed by atoms with van der Waals surface area (Å²) in [7, 11) is 1.64. The second kappa shape index (κ2) is 5.29. The van der Waals surface area contributed by atoms with E-state index in [4.69, 9.17) is 15.6 Å². The van der Waals surface area contributed by atoms with Crippen LogP contribution in [0, 0.1) is 0 Å². The van der Waals surface area contributed by atoms with Crippen molar-refractivity contribution < 1.29 is 9.84 Å². The van der Waals surface area contributed by atoms with Gasteiger partial charge in [-0.2, -0.15) is 0 Å². The smallest absolute Gasteiger partial charge is 0.123 e. The molecule has 1 atom stereocenters. The molecular weight excluding hydrogens is 226 g/mol. The maximum absolute atomic E-state index is 9.14. The fraction of sp³-hybridized carbons (Fsp3) is 0.600. The molecule has 3 N–H and O–H groups in total. The Balaban J connectivity index is 3.31. The zero-order valence-electron chi connectivity index (χ0n) is 12.1. The summed E-state index contributed by atoms with van der Waals surface area (Å²) < 4.78 is 5.38. The summed E-state index contributed by atoms with van der Waals surface area (Å²) in [5.74, 6) is 0.779. The number of benzene rings is 1. The predicted molar refractivity (Wildman–Crippen MR) is 74.9 cm³/mol. The molecule has 0 spiro atoms. The van der Waals surface area contributed by atoms with Crippen LogP contribution in [0.15, 0.2) is 18.2 Å². The Bertz CT molecular complexity index is 405. The van der Waals surface area contributed by atoms with E-state index >= 15 is 0 Å². The molecule has 0 saturated carbocycles. The van der Waals surface area contributed by atoms with E-state index in [1.807, 2.05) is 13.0 Å². The Hall–Kier alpha value is -1.06. The van der Waals surface area contributed by atoms with E-state index in [9.17, 15) is 0 Å². The summed E-state index contributed by atoms with van der Waals surface area (Å²) in [4.78, 5) is 0. The van der Waals surface area contributed by atoms with Crippen molar-refractivity contribution in [2.24, 2.45) is 5.73 Å². The first-order valence-corrected chi connectivity index (χ1v) is 6.31. The van der Waals surface area contributed by atoms with E-state index < -0.39 is 5.54 Å². The van der Waals surface area contributed by atoms with Crippen molar-refractivity contribution >= 4 is 0 Å². The molecule has 0 aliphatic heterocycles. The molecule has 1 aromatic carbocycles. The third-order valence-corrected chi connectivity index (χ3v) is 3.31. The van der Waals surface area contributed by atoms with Crippen LogP contribution in [0.5, 0.6) is 5.75 Å². The van der Waals surface area contributed by atoms with Gasteiger partial charge in [0.05, 0.1) is 7.11 Å². The zero-order valence-corrected chi connectivity index (χ0v) is 12.1. The topological polar surface area (TPSA) is 55.5 Å². The molecule has 102 valence electrons. The molecule has 1 unspecified atom stereocenters. The SMILES string of the molecule is COc1ccc(C(C)(C)C)cc1C(C)(N)CCO. The van der Waals surface area contributed by atoms with Crippen molar-refractivity contribution in [3.63, 3.8) is 0 Å². The highest BCUT2D eigenvalue weighted by Crippen LogP contribution is 2.34. The minimum absolute atomic E-state index is 0.0654. The molecule has 1 rings (SSSR count). The molecule has 0 radical (unpaired) electrons. The van der Waals surface area contributed by atoms with Crippen LogP contribution in [0.25, 0.3) is 0 Å². The molecule has 0 aromatic heterocycles. The third-order valence-electron chi connectivity index (χ3n) is 3.31. The normalized spacial score (nSPS) is 15.3. The van der Waals surface area contributed by atoms with E-state index in [-0.39, 0.29) is 12.0 Å². The van der Waals surface area contributed by atoms with Crippen LogP contribution in [-0.4, -0.2) is 18.8 Å². The number of methoxy groups -OCH3 is 1. The predicted octanol–water partition coefficient (Wildman–Crippen LogP) is 2.55. The Morgan fingerprint density at radius 1 is 1.22 bits per heavy atom. The number of aliphatic hydroxyl groups excluding tert-OH is 1. The fourth-order valence-corrected chi connectivity index (χ4v) is 1.99. The summed E-state index contributed by atoms with van der Waals surface area (Å²) in [6.07, 6.45) is 0.511. The minimum Gasteiger partial charge on any atom is -0.496 e. The quantitative estimate of drug-likeness (QED) is 0.864. The fourth-order valence-electron chi connectivity index (χ4n) is 1.99. The van der Waals surface area contributed by atoms with Crippen LogP contribution < -0.4 is 10.5 Å². The average Bonchev–Trinajstić information content (AvgIpc) is 2.27. The molecular formula is C15H25NO2. The summed E-state index contributed by atoms with van der Waals surface area (Å²) in [5.41, 5.74) is 7.95. The molecule has 0 saturated heterocycles. The van der Waals surface area contributed by atoms with Crippen LogP contribution in [0.3, 0.4) is 0 Å². The van der Waals surface area contributed by atoms with E-state index in [0.29, 0.717) is 6.42 Å². The van der Waals surface area contributed by atoms with Gasteiger partial charge in [0, 0.05) is 17.7 Å². The Labute approximate surface area is 110 Å². The van der Waals surface area contributed by atoms with Gasteiger partial charge in [0.1, 0.15) is 5.75 Å². The summed E-state index contributed by atoms with van der Waals surface area (Å²) >= 11 is 0. The zero-order chi connectivity index (χ0) is 14.0. The molecule has 18 heavy (non-hydrogen) atoms. The van der Waals surface area contributed by atoms with Crippen LogP contribution >= 0.6 is 0 Å². The lowest BCUT2D eigenvalue weighted by Crippen LogP contribution is -2.35. The highest BCUT2D eigenvalue weighted by atomic mass is 16.5. The molecule has 0 heterocycles. The highest BCUT2D eigenvalue weighted by molar-refractivity contribution is 5.43.